The molecule has 0 bridgehead atoms. The number of halogens is 1. The van der Waals surface area contributed by atoms with Crippen LogP contribution in [0.1, 0.15) is 29.0 Å². The third kappa shape index (κ3) is 3.49. The summed E-state index contributed by atoms with van der Waals surface area (Å²) in [5.41, 5.74) is 3.03. The highest BCUT2D eigenvalue weighted by Crippen LogP contribution is 2.47. The molecule has 4 heteroatoms. The minimum Gasteiger partial charge on any atom is -0.392 e. The van der Waals surface area contributed by atoms with Gasteiger partial charge in [-0.05, 0) is 41.2 Å². The van der Waals surface area contributed by atoms with Gasteiger partial charge in [0.15, 0.2) is 0 Å². The Morgan fingerprint density at radius 3 is 2.64 bits per heavy atom. The predicted molar refractivity (Wildman–Crippen MR) is 86.5 cm³/mol. The molecule has 114 valence electrons. The molecular weight excluding hydrogens is 298 g/mol. The number of rotatable bonds is 5. The topological polar surface area (TPSA) is 49.3 Å². The van der Waals surface area contributed by atoms with Crippen molar-refractivity contribution in [2.75, 3.05) is 0 Å². The lowest BCUT2D eigenvalue weighted by atomic mass is 10.1. The summed E-state index contributed by atoms with van der Waals surface area (Å²) in [6.45, 7) is 0.513. The van der Waals surface area contributed by atoms with E-state index in [9.17, 15) is 4.79 Å². The van der Waals surface area contributed by atoms with E-state index in [1.165, 1.54) is 5.56 Å². The summed E-state index contributed by atoms with van der Waals surface area (Å²) in [5.74, 6) is 0.456. The zero-order valence-corrected chi connectivity index (χ0v) is 12.9. The van der Waals surface area contributed by atoms with Crippen LogP contribution in [0.5, 0.6) is 0 Å². The van der Waals surface area contributed by atoms with Crippen LogP contribution in [0, 0.1) is 5.92 Å². The van der Waals surface area contributed by atoms with Crippen molar-refractivity contribution in [2.45, 2.75) is 25.5 Å². The number of carbonyl (C=O) groups is 1. The van der Waals surface area contributed by atoms with Crippen LogP contribution in [0.15, 0.2) is 48.5 Å². The summed E-state index contributed by atoms with van der Waals surface area (Å²) in [7, 11) is 0. The Bertz CT molecular complexity index is 669. The third-order valence-electron chi connectivity index (χ3n) is 4.07. The predicted octanol–water partition coefficient (Wildman–Crippen LogP) is 3.25. The molecule has 0 aliphatic heterocycles. The first kappa shape index (κ1) is 15.1. The van der Waals surface area contributed by atoms with Gasteiger partial charge in [-0.1, -0.05) is 48.0 Å². The van der Waals surface area contributed by atoms with Crippen LogP contribution in [0.2, 0.25) is 5.02 Å². The highest BCUT2D eigenvalue weighted by Gasteiger charge is 2.43. The monoisotopic (exact) mass is 315 g/mol. The smallest absolute Gasteiger partial charge is 0.224 e. The summed E-state index contributed by atoms with van der Waals surface area (Å²) in [6.07, 6.45) is 0.893. The maximum atomic E-state index is 12.2. The van der Waals surface area contributed by atoms with Gasteiger partial charge in [0.05, 0.1) is 6.61 Å². The molecule has 0 heterocycles. The van der Waals surface area contributed by atoms with E-state index in [4.69, 9.17) is 16.7 Å². The molecule has 0 unspecified atom stereocenters. The first-order valence-corrected chi connectivity index (χ1v) is 7.77. The van der Waals surface area contributed by atoms with E-state index in [2.05, 4.69) is 5.32 Å². The molecule has 2 aromatic carbocycles. The Morgan fingerprint density at radius 1 is 1.18 bits per heavy atom. The molecule has 2 atom stereocenters. The fourth-order valence-electron chi connectivity index (χ4n) is 2.72. The van der Waals surface area contributed by atoms with E-state index in [1.54, 1.807) is 0 Å². The normalized spacial score (nSPS) is 19.7. The number of hydrogen-bond acceptors (Lipinski definition) is 2. The molecule has 1 fully saturated rings. The molecule has 0 aromatic heterocycles. The number of hydrogen-bond donors (Lipinski definition) is 2. The second-order valence-corrected chi connectivity index (χ2v) is 6.13. The van der Waals surface area contributed by atoms with Gasteiger partial charge in [-0.2, -0.15) is 0 Å². The number of aliphatic hydroxyl groups is 1. The first-order chi connectivity index (χ1) is 10.7. The van der Waals surface area contributed by atoms with Crippen molar-refractivity contribution in [3.63, 3.8) is 0 Å². The molecule has 1 aliphatic rings. The molecule has 1 amide bonds. The van der Waals surface area contributed by atoms with Crippen molar-refractivity contribution < 1.29 is 9.90 Å². The van der Waals surface area contributed by atoms with Crippen LogP contribution in [0.25, 0.3) is 0 Å². The SMILES string of the molecule is O=C(NCc1cccc(CO)c1)[C@H]1C[C@H]1c1ccc(Cl)cc1. The van der Waals surface area contributed by atoms with Crippen molar-refractivity contribution in [1.29, 1.82) is 0 Å². The Labute approximate surface area is 134 Å². The van der Waals surface area contributed by atoms with Gasteiger partial charge in [-0.15, -0.1) is 0 Å². The van der Waals surface area contributed by atoms with Crippen LogP contribution in [0.3, 0.4) is 0 Å². The Balaban J connectivity index is 1.54. The molecule has 0 radical (unpaired) electrons. The quantitative estimate of drug-likeness (QED) is 0.890. The lowest BCUT2D eigenvalue weighted by Crippen LogP contribution is -2.24. The summed E-state index contributed by atoms with van der Waals surface area (Å²) in [4.78, 5) is 12.2. The summed E-state index contributed by atoms with van der Waals surface area (Å²) in [5, 5.41) is 12.8. The fourth-order valence-corrected chi connectivity index (χ4v) is 2.85. The third-order valence-corrected chi connectivity index (χ3v) is 4.32. The molecule has 1 saturated carbocycles. The minimum absolute atomic E-state index is 0.0169. The van der Waals surface area contributed by atoms with Crippen molar-refractivity contribution in [1.82, 2.24) is 5.32 Å². The Morgan fingerprint density at radius 2 is 1.91 bits per heavy atom. The minimum atomic E-state index is 0.0169. The van der Waals surface area contributed by atoms with Gasteiger partial charge < -0.3 is 10.4 Å². The van der Waals surface area contributed by atoms with E-state index >= 15 is 0 Å². The summed E-state index contributed by atoms with van der Waals surface area (Å²) >= 11 is 5.88. The Kier molecular flexibility index (Phi) is 4.46. The largest absolute Gasteiger partial charge is 0.392 e. The maximum Gasteiger partial charge on any atom is 0.224 e. The van der Waals surface area contributed by atoms with Crippen molar-refractivity contribution in [3.05, 3.63) is 70.2 Å². The summed E-state index contributed by atoms with van der Waals surface area (Å²) in [6, 6.07) is 15.3. The van der Waals surface area contributed by atoms with Crippen LogP contribution in [0.4, 0.5) is 0 Å². The van der Waals surface area contributed by atoms with E-state index < -0.39 is 0 Å². The number of carbonyl (C=O) groups excluding carboxylic acids is 1. The second kappa shape index (κ2) is 6.51. The van der Waals surface area contributed by atoms with Crippen molar-refractivity contribution >= 4 is 17.5 Å². The molecule has 2 N–H and O–H groups in total. The number of aliphatic hydroxyl groups excluding tert-OH is 1. The van der Waals surface area contributed by atoms with Gasteiger partial charge in [-0.3, -0.25) is 4.79 Å². The Hall–Kier alpha value is -1.84. The molecular formula is C18H18ClNO2. The van der Waals surface area contributed by atoms with Gasteiger partial charge >= 0.3 is 0 Å². The van der Waals surface area contributed by atoms with E-state index in [0.29, 0.717) is 17.5 Å². The highest BCUT2D eigenvalue weighted by atomic mass is 35.5. The highest BCUT2D eigenvalue weighted by molar-refractivity contribution is 6.30. The molecule has 0 saturated heterocycles. The average molecular weight is 316 g/mol. The standard InChI is InChI=1S/C18H18ClNO2/c19-15-6-4-14(5-7-15)16-9-17(16)18(22)20-10-12-2-1-3-13(8-12)11-21/h1-8,16-17,21H,9-11H2,(H,20,22)/t16-,17-/m0/s1. The fraction of sp³-hybridized carbons (Fsp3) is 0.278. The molecule has 0 spiro atoms. The van der Waals surface area contributed by atoms with Crippen LogP contribution in [-0.4, -0.2) is 11.0 Å². The lowest BCUT2D eigenvalue weighted by Gasteiger charge is -2.06. The molecule has 3 nitrogen and oxygen atoms in total. The number of amides is 1. The summed E-state index contributed by atoms with van der Waals surface area (Å²) < 4.78 is 0. The van der Waals surface area contributed by atoms with Gasteiger partial charge in [-0.25, -0.2) is 0 Å². The van der Waals surface area contributed by atoms with Gasteiger partial charge in [0.1, 0.15) is 0 Å². The molecule has 3 rings (SSSR count). The maximum absolute atomic E-state index is 12.2. The van der Waals surface area contributed by atoms with Gasteiger partial charge in [0.25, 0.3) is 0 Å². The van der Waals surface area contributed by atoms with E-state index in [0.717, 1.165) is 17.5 Å². The first-order valence-electron chi connectivity index (χ1n) is 7.39. The average Bonchev–Trinajstić information content (AvgIpc) is 3.34. The lowest BCUT2D eigenvalue weighted by molar-refractivity contribution is -0.122. The van der Waals surface area contributed by atoms with Gasteiger partial charge in [0.2, 0.25) is 5.91 Å². The molecule has 1 aliphatic carbocycles. The van der Waals surface area contributed by atoms with Crippen molar-refractivity contribution in [3.8, 4) is 0 Å². The van der Waals surface area contributed by atoms with Crippen LogP contribution in [-0.2, 0) is 17.9 Å². The zero-order valence-electron chi connectivity index (χ0n) is 12.1. The van der Waals surface area contributed by atoms with Crippen LogP contribution < -0.4 is 5.32 Å². The zero-order chi connectivity index (χ0) is 15.5. The van der Waals surface area contributed by atoms with Crippen molar-refractivity contribution in [2.24, 2.45) is 5.92 Å². The van der Waals surface area contributed by atoms with Crippen LogP contribution >= 0.6 is 11.6 Å². The van der Waals surface area contributed by atoms with Gasteiger partial charge in [0, 0.05) is 17.5 Å². The second-order valence-electron chi connectivity index (χ2n) is 5.70. The molecule has 22 heavy (non-hydrogen) atoms. The molecule has 2 aromatic rings. The number of nitrogens with one attached hydrogen (secondary N) is 1. The number of benzene rings is 2. The van der Waals surface area contributed by atoms with E-state index in [1.807, 2.05) is 48.5 Å². The van der Waals surface area contributed by atoms with E-state index in [-0.39, 0.29) is 18.4 Å².